The molecule has 0 saturated heterocycles. The lowest BCUT2D eigenvalue weighted by molar-refractivity contribution is -0.163. The summed E-state index contributed by atoms with van der Waals surface area (Å²) in [6.07, 6.45) is 1.19. The van der Waals surface area contributed by atoms with Gasteiger partial charge in [-0.15, -0.1) is 6.58 Å². The zero-order chi connectivity index (χ0) is 12.6. The monoisotopic (exact) mass is 269 g/mol. The van der Waals surface area contributed by atoms with Gasteiger partial charge in [0.2, 0.25) is 0 Å². The molecule has 1 amide bonds. The first-order valence-corrected chi connectivity index (χ1v) is 5.81. The number of halogens is 2. The predicted molar refractivity (Wildman–Crippen MR) is 64.4 cm³/mol. The number of amides is 1. The molecule has 0 aromatic rings. The molecule has 0 aliphatic rings. The van der Waals surface area contributed by atoms with Crippen molar-refractivity contribution in [2.75, 3.05) is 19.9 Å². The van der Waals surface area contributed by atoms with Crippen molar-refractivity contribution in [3.05, 3.63) is 12.7 Å². The molecule has 0 aliphatic heterocycles. The van der Waals surface area contributed by atoms with Gasteiger partial charge in [-0.3, -0.25) is 4.79 Å². The number of ether oxygens (including phenoxy) is 2. The summed E-state index contributed by atoms with van der Waals surface area (Å²) in [4.78, 5) is 11.8. The largest absolute Gasteiger partial charge is 0.353 e. The molecular weight excluding hydrogens is 253 g/mol. The van der Waals surface area contributed by atoms with Gasteiger partial charge in [0, 0.05) is 13.2 Å². The second-order valence-corrected chi connectivity index (χ2v) is 4.07. The third-order valence-electron chi connectivity index (χ3n) is 1.71. The summed E-state index contributed by atoms with van der Waals surface area (Å²) in [5.41, 5.74) is 0. The van der Waals surface area contributed by atoms with E-state index >= 15 is 0 Å². The average molecular weight is 270 g/mol. The Kier molecular flexibility index (Phi) is 8.66. The van der Waals surface area contributed by atoms with Gasteiger partial charge in [-0.1, -0.05) is 29.3 Å². The minimum atomic E-state index is -1.09. The number of nitrogens with zero attached hydrogens (tertiary/aromatic N) is 1. The van der Waals surface area contributed by atoms with E-state index in [9.17, 15) is 4.79 Å². The van der Waals surface area contributed by atoms with Crippen LogP contribution >= 0.6 is 23.2 Å². The number of carbonyl (C=O) groups excluding carboxylic acids is 1. The summed E-state index contributed by atoms with van der Waals surface area (Å²) in [6.45, 7) is 8.09. The van der Waals surface area contributed by atoms with Crippen molar-refractivity contribution in [1.29, 1.82) is 0 Å². The fourth-order valence-electron chi connectivity index (χ4n) is 0.978. The molecule has 0 aromatic heterocycles. The molecule has 4 nitrogen and oxygen atoms in total. The van der Waals surface area contributed by atoms with Crippen molar-refractivity contribution in [2.24, 2.45) is 0 Å². The Labute approximate surface area is 106 Å². The minimum Gasteiger partial charge on any atom is -0.353 e. The summed E-state index contributed by atoms with van der Waals surface area (Å²) in [5.74, 6) is -0.410. The quantitative estimate of drug-likeness (QED) is 0.385. The van der Waals surface area contributed by atoms with Crippen LogP contribution in [-0.2, 0) is 14.3 Å². The normalized spacial score (nSPS) is 12.6. The van der Waals surface area contributed by atoms with Crippen LogP contribution in [0.4, 0.5) is 0 Å². The van der Waals surface area contributed by atoms with Gasteiger partial charge in [0.15, 0.2) is 11.1 Å². The molecular formula is C10H17Cl2NO3. The first kappa shape index (κ1) is 15.7. The molecule has 0 radical (unpaired) electrons. The molecule has 16 heavy (non-hydrogen) atoms. The minimum absolute atomic E-state index is 0.0714. The van der Waals surface area contributed by atoms with E-state index < -0.39 is 10.7 Å². The fourth-order valence-corrected chi connectivity index (χ4v) is 1.25. The lowest BCUT2D eigenvalue weighted by Gasteiger charge is -2.23. The van der Waals surface area contributed by atoms with Gasteiger partial charge < -0.3 is 14.4 Å². The third kappa shape index (κ3) is 6.33. The Morgan fingerprint density at radius 1 is 1.50 bits per heavy atom. The molecule has 0 spiro atoms. The van der Waals surface area contributed by atoms with Crippen LogP contribution in [0.1, 0.15) is 13.8 Å². The van der Waals surface area contributed by atoms with Crippen LogP contribution < -0.4 is 0 Å². The van der Waals surface area contributed by atoms with Gasteiger partial charge >= 0.3 is 0 Å². The van der Waals surface area contributed by atoms with E-state index in [-0.39, 0.29) is 13.0 Å². The maximum absolute atomic E-state index is 11.5. The van der Waals surface area contributed by atoms with Crippen LogP contribution in [0.3, 0.4) is 0 Å². The van der Waals surface area contributed by atoms with Crippen molar-refractivity contribution in [2.45, 2.75) is 25.0 Å². The zero-order valence-corrected chi connectivity index (χ0v) is 11.0. The van der Waals surface area contributed by atoms with E-state index in [0.717, 1.165) is 0 Å². The Balaban J connectivity index is 4.12. The highest BCUT2D eigenvalue weighted by molar-refractivity contribution is 6.53. The molecule has 1 atom stereocenters. The van der Waals surface area contributed by atoms with E-state index in [0.29, 0.717) is 13.2 Å². The van der Waals surface area contributed by atoms with E-state index in [2.05, 4.69) is 6.58 Å². The highest BCUT2D eigenvalue weighted by atomic mass is 35.5. The summed E-state index contributed by atoms with van der Waals surface area (Å²) in [6, 6.07) is 0. The molecule has 0 rings (SSSR count). The molecule has 0 saturated carbocycles. The van der Waals surface area contributed by atoms with Gasteiger partial charge in [-0.2, -0.15) is 0 Å². The Bertz CT molecular complexity index is 224. The number of carbonyl (C=O) groups is 1. The Morgan fingerprint density at radius 2 is 2.12 bits per heavy atom. The Morgan fingerprint density at radius 3 is 2.56 bits per heavy atom. The molecule has 94 valence electrons. The van der Waals surface area contributed by atoms with Crippen molar-refractivity contribution in [1.82, 2.24) is 4.90 Å². The lowest BCUT2D eigenvalue weighted by atomic mass is 10.5. The van der Waals surface area contributed by atoms with E-state index in [1.54, 1.807) is 13.0 Å². The molecule has 0 heterocycles. The molecule has 0 aliphatic carbocycles. The average Bonchev–Trinajstić information content (AvgIpc) is 2.23. The number of rotatable bonds is 8. The molecule has 1 unspecified atom stereocenters. The van der Waals surface area contributed by atoms with Crippen LogP contribution in [0, 0.1) is 0 Å². The number of hydrogen-bond acceptors (Lipinski definition) is 3. The summed E-state index contributed by atoms with van der Waals surface area (Å²) >= 11 is 11.0. The summed E-state index contributed by atoms with van der Waals surface area (Å²) in [7, 11) is 0. The predicted octanol–water partition coefficient (Wildman–Crippen LogP) is 2.16. The van der Waals surface area contributed by atoms with E-state index in [1.165, 1.54) is 4.90 Å². The zero-order valence-electron chi connectivity index (χ0n) is 9.49. The maximum Gasteiger partial charge on any atom is 0.257 e. The second-order valence-electron chi connectivity index (χ2n) is 2.97. The highest BCUT2D eigenvalue weighted by Crippen LogP contribution is 2.08. The van der Waals surface area contributed by atoms with Crippen LogP contribution in [-0.4, -0.2) is 41.8 Å². The summed E-state index contributed by atoms with van der Waals surface area (Å²) in [5, 5.41) is 0. The van der Waals surface area contributed by atoms with Crippen molar-refractivity contribution in [3.63, 3.8) is 0 Å². The molecule has 6 heteroatoms. The van der Waals surface area contributed by atoms with E-state index in [4.69, 9.17) is 32.7 Å². The molecule has 0 fully saturated rings. The van der Waals surface area contributed by atoms with E-state index in [1.807, 2.05) is 6.92 Å². The lowest BCUT2D eigenvalue weighted by Crippen LogP contribution is -2.38. The first-order chi connectivity index (χ1) is 7.52. The van der Waals surface area contributed by atoms with Crippen molar-refractivity contribution in [3.8, 4) is 0 Å². The maximum atomic E-state index is 11.5. The molecule has 0 aromatic carbocycles. The van der Waals surface area contributed by atoms with Gasteiger partial charge in [0.1, 0.15) is 6.73 Å². The smallest absolute Gasteiger partial charge is 0.257 e. The van der Waals surface area contributed by atoms with Crippen molar-refractivity contribution < 1.29 is 14.3 Å². The topological polar surface area (TPSA) is 38.8 Å². The van der Waals surface area contributed by atoms with Crippen LogP contribution in [0.5, 0.6) is 0 Å². The van der Waals surface area contributed by atoms with Crippen LogP contribution in [0.15, 0.2) is 12.7 Å². The third-order valence-corrected chi connectivity index (χ3v) is 2.09. The van der Waals surface area contributed by atoms with Gasteiger partial charge in [0.25, 0.3) is 5.91 Å². The first-order valence-electron chi connectivity index (χ1n) is 4.94. The standard InChI is InChI=1S/C10H17Cl2NO3/c1-4-6-13(10(14)9(11)12)7-16-8(3)15-5-2/h4,8-9H,1,5-7H2,2-3H3. The van der Waals surface area contributed by atoms with Gasteiger partial charge in [-0.05, 0) is 13.8 Å². The van der Waals surface area contributed by atoms with Crippen LogP contribution in [0.2, 0.25) is 0 Å². The van der Waals surface area contributed by atoms with Crippen molar-refractivity contribution >= 4 is 29.1 Å². The number of alkyl halides is 2. The number of hydrogen-bond donors (Lipinski definition) is 0. The highest BCUT2D eigenvalue weighted by Gasteiger charge is 2.19. The van der Waals surface area contributed by atoms with Crippen LogP contribution in [0.25, 0.3) is 0 Å². The summed E-state index contributed by atoms with van der Waals surface area (Å²) < 4.78 is 10.4. The fraction of sp³-hybridized carbons (Fsp3) is 0.700. The second kappa shape index (κ2) is 8.82. The van der Waals surface area contributed by atoms with Gasteiger partial charge in [-0.25, -0.2) is 0 Å². The SMILES string of the molecule is C=CCN(COC(C)OCC)C(=O)C(Cl)Cl. The molecule has 0 bridgehead atoms. The Hall–Kier alpha value is -0.290. The van der Waals surface area contributed by atoms with Gasteiger partial charge in [0.05, 0.1) is 0 Å². The molecule has 0 N–H and O–H groups in total.